The van der Waals surface area contributed by atoms with E-state index in [1.54, 1.807) is 11.3 Å². The summed E-state index contributed by atoms with van der Waals surface area (Å²) in [5, 5.41) is 0. The topological polar surface area (TPSA) is 43.8 Å². The minimum Gasteiger partial charge on any atom is -0.326 e. The Balaban J connectivity index is 2.01. The van der Waals surface area contributed by atoms with Gasteiger partial charge in [0, 0.05) is 16.3 Å². The van der Waals surface area contributed by atoms with Crippen LogP contribution in [0.2, 0.25) is 0 Å². The molecule has 0 fully saturated rings. The first-order chi connectivity index (χ1) is 8.78. The number of rotatable bonds is 3. The maximum absolute atomic E-state index is 5.65. The van der Waals surface area contributed by atoms with Crippen molar-refractivity contribution in [2.45, 2.75) is 20.0 Å². The molecule has 0 unspecified atom stereocenters. The van der Waals surface area contributed by atoms with Gasteiger partial charge in [-0.05, 0) is 31.2 Å². The number of nitrogens with two attached hydrogens (primary N) is 1. The summed E-state index contributed by atoms with van der Waals surface area (Å²) in [6.07, 6.45) is 0. The summed E-state index contributed by atoms with van der Waals surface area (Å²) in [6.45, 7) is 3.54. The number of imidazole rings is 1. The van der Waals surface area contributed by atoms with Crippen molar-refractivity contribution in [3.63, 3.8) is 0 Å². The minimum absolute atomic E-state index is 0.619. The average molecular weight is 257 g/mol. The number of hydrogen-bond donors (Lipinski definition) is 1. The fourth-order valence-corrected chi connectivity index (χ4v) is 3.05. The highest BCUT2D eigenvalue weighted by Crippen LogP contribution is 2.21. The van der Waals surface area contributed by atoms with Crippen LogP contribution in [0.15, 0.2) is 36.4 Å². The molecule has 0 bridgehead atoms. The van der Waals surface area contributed by atoms with Crippen molar-refractivity contribution in [3.05, 3.63) is 52.0 Å². The van der Waals surface area contributed by atoms with Crippen LogP contribution in [0.1, 0.15) is 15.6 Å². The molecule has 2 N–H and O–H groups in total. The molecule has 2 aromatic heterocycles. The summed E-state index contributed by atoms with van der Waals surface area (Å²) in [4.78, 5) is 7.13. The zero-order valence-electron chi connectivity index (χ0n) is 10.3. The SMILES string of the molecule is Cc1nc2ccccc2n1Cc1ccc(CN)s1. The van der Waals surface area contributed by atoms with Gasteiger partial charge in [-0.15, -0.1) is 11.3 Å². The molecule has 0 aliphatic carbocycles. The molecule has 3 aromatic rings. The van der Waals surface area contributed by atoms with Crippen LogP contribution in [0.5, 0.6) is 0 Å². The Morgan fingerprint density at radius 3 is 2.72 bits per heavy atom. The zero-order valence-corrected chi connectivity index (χ0v) is 11.1. The summed E-state index contributed by atoms with van der Waals surface area (Å²) >= 11 is 1.77. The summed E-state index contributed by atoms with van der Waals surface area (Å²) in [5.41, 5.74) is 7.90. The number of para-hydroxylation sites is 2. The Morgan fingerprint density at radius 1 is 1.17 bits per heavy atom. The molecular formula is C14H15N3S. The van der Waals surface area contributed by atoms with Crippen molar-refractivity contribution in [2.75, 3.05) is 0 Å². The third-order valence-electron chi connectivity index (χ3n) is 3.08. The number of aromatic nitrogens is 2. The van der Waals surface area contributed by atoms with Crippen molar-refractivity contribution in [1.82, 2.24) is 9.55 Å². The lowest BCUT2D eigenvalue weighted by Gasteiger charge is -2.04. The van der Waals surface area contributed by atoms with Crippen LogP contribution >= 0.6 is 11.3 Å². The second-order valence-electron chi connectivity index (χ2n) is 4.31. The van der Waals surface area contributed by atoms with Crippen LogP contribution in [0.4, 0.5) is 0 Å². The number of hydrogen-bond acceptors (Lipinski definition) is 3. The molecular weight excluding hydrogens is 242 g/mol. The third-order valence-corrected chi connectivity index (χ3v) is 4.17. The number of aryl methyl sites for hydroxylation is 1. The molecule has 0 amide bonds. The van der Waals surface area contributed by atoms with E-state index >= 15 is 0 Å². The van der Waals surface area contributed by atoms with Gasteiger partial charge in [-0.2, -0.15) is 0 Å². The average Bonchev–Trinajstić information content (AvgIpc) is 2.96. The summed E-state index contributed by atoms with van der Waals surface area (Å²) < 4.78 is 2.25. The van der Waals surface area contributed by atoms with E-state index in [9.17, 15) is 0 Å². The summed E-state index contributed by atoms with van der Waals surface area (Å²) in [5.74, 6) is 1.05. The lowest BCUT2D eigenvalue weighted by Crippen LogP contribution is -2.00. The molecule has 0 aliphatic rings. The van der Waals surface area contributed by atoms with Crippen molar-refractivity contribution in [1.29, 1.82) is 0 Å². The number of nitrogens with zero attached hydrogens (tertiary/aromatic N) is 2. The van der Waals surface area contributed by atoms with E-state index < -0.39 is 0 Å². The molecule has 3 nitrogen and oxygen atoms in total. The molecule has 92 valence electrons. The first-order valence-electron chi connectivity index (χ1n) is 5.97. The number of thiophene rings is 1. The molecule has 0 radical (unpaired) electrons. The second-order valence-corrected chi connectivity index (χ2v) is 5.56. The predicted molar refractivity (Wildman–Crippen MR) is 75.8 cm³/mol. The van der Waals surface area contributed by atoms with Gasteiger partial charge in [0.05, 0.1) is 17.6 Å². The van der Waals surface area contributed by atoms with Gasteiger partial charge in [0.2, 0.25) is 0 Å². The van der Waals surface area contributed by atoms with E-state index in [2.05, 4.69) is 46.8 Å². The van der Waals surface area contributed by atoms with E-state index in [1.807, 2.05) is 6.07 Å². The van der Waals surface area contributed by atoms with Gasteiger partial charge in [-0.25, -0.2) is 4.98 Å². The fraction of sp³-hybridized carbons (Fsp3) is 0.214. The van der Waals surface area contributed by atoms with Gasteiger partial charge >= 0.3 is 0 Å². The first kappa shape index (κ1) is 11.4. The Kier molecular flexibility index (Phi) is 2.89. The fourth-order valence-electron chi connectivity index (χ4n) is 2.17. The van der Waals surface area contributed by atoms with Crippen LogP contribution in [0.25, 0.3) is 11.0 Å². The van der Waals surface area contributed by atoms with E-state index in [1.165, 1.54) is 15.3 Å². The van der Waals surface area contributed by atoms with Gasteiger partial charge in [-0.3, -0.25) is 0 Å². The van der Waals surface area contributed by atoms with E-state index in [0.717, 1.165) is 17.9 Å². The van der Waals surface area contributed by atoms with Gasteiger partial charge in [0.25, 0.3) is 0 Å². The van der Waals surface area contributed by atoms with Crippen LogP contribution in [0.3, 0.4) is 0 Å². The largest absolute Gasteiger partial charge is 0.326 e. The number of fused-ring (bicyclic) bond motifs is 1. The van der Waals surface area contributed by atoms with Gasteiger partial charge < -0.3 is 10.3 Å². The van der Waals surface area contributed by atoms with Gasteiger partial charge in [-0.1, -0.05) is 12.1 Å². The van der Waals surface area contributed by atoms with Crippen LogP contribution in [-0.4, -0.2) is 9.55 Å². The zero-order chi connectivity index (χ0) is 12.5. The molecule has 4 heteroatoms. The van der Waals surface area contributed by atoms with Gasteiger partial charge in [0.15, 0.2) is 0 Å². The minimum atomic E-state index is 0.619. The molecule has 1 aromatic carbocycles. The molecule has 3 rings (SSSR count). The highest BCUT2D eigenvalue weighted by molar-refractivity contribution is 7.11. The number of benzene rings is 1. The smallest absolute Gasteiger partial charge is 0.107 e. The Hall–Kier alpha value is -1.65. The van der Waals surface area contributed by atoms with Crippen LogP contribution in [0, 0.1) is 6.92 Å². The monoisotopic (exact) mass is 257 g/mol. The van der Waals surface area contributed by atoms with E-state index in [4.69, 9.17) is 5.73 Å². The summed E-state index contributed by atoms with van der Waals surface area (Å²) in [6, 6.07) is 12.5. The first-order valence-corrected chi connectivity index (χ1v) is 6.79. The Labute approximate surface area is 110 Å². The van der Waals surface area contributed by atoms with Crippen molar-refractivity contribution in [3.8, 4) is 0 Å². The van der Waals surface area contributed by atoms with Crippen LogP contribution < -0.4 is 5.73 Å². The summed E-state index contributed by atoms with van der Waals surface area (Å²) in [7, 11) is 0. The molecule has 18 heavy (non-hydrogen) atoms. The molecule has 0 aliphatic heterocycles. The lowest BCUT2D eigenvalue weighted by molar-refractivity contribution is 0.797. The quantitative estimate of drug-likeness (QED) is 0.784. The highest BCUT2D eigenvalue weighted by atomic mass is 32.1. The molecule has 0 saturated carbocycles. The second kappa shape index (κ2) is 4.55. The third kappa shape index (κ3) is 1.94. The predicted octanol–water partition coefficient (Wildman–Crippen LogP) is 2.91. The lowest BCUT2D eigenvalue weighted by atomic mass is 10.3. The highest BCUT2D eigenvalue weighted by Gasteiger charge is 2.08. The van der Waals surface area contributed by atoms with Crippen molar-refractivity contribution in [2.24, 2.45) is 5.73 Å². The molecule has 0 spiro atoms. The normalized spacial score (nSPS) is 11.2. The maximum Gasteiger partial charge on any atom is 0.107 e. The molecule has 0 saturated heterocycles. The van der Waals surface area contributed by atoms with Crippen molar-refractivity contribution >= 4 is 22.4 Å². The van der Waals surface area contributed by atoms with E-state index in [-0.39, 0.29) is 0 Å². The van der Waals surface area contributed by atoms with E-state index in [0.29, 0.717) is 6.54 Å². The maximum atomic E-state index is 5.65. The molecule has 2 heterocycles. The molecule has 0 atom stereocenters. The van der Waals surface area contributed by atoms with Gasteiger partial charge in [0.1, 0.15) is 5.82 Å². The standard InChI is InChI=1S/C14H15N3S/c1-10-16-13-4-2-3-5-14(13)17(10)9-12-7-6-11(8-15)18-12/h2-7H,8-9,15H2,1H3. The van der Waals surface area contributed by atoms with Crippen LogP contribution in [-0.2, 0) is 13.1 Å². The Bertz CT molecular complexity index is 681. The van der Waals surface area contributed by atoms with Crippen molar-refractivity contribution < 1.29 is 0 Å². The Morgan fingerprint density at radius 2 is 1.94 bits per heavy atom.